The molecule has 0 aliphatic carbocycles. The van der Waals surface area contributed by atoms with E-state index in [9.17, 15) is 19.1 Å². The summed E-state index contributed by atoms with van der Waals surface area (Å²) in [5, 5.41) is 15.0. The number of anilines is 2. The summed E-state index contributed by atoms with van der Waals surface area (Å²) in [6, 6.07) is 9.41. The normalized spacial score (nSPS) is 19.2. The van der Waals surface area contributed by atoms with Crippen molar-refractivity contribution in [2.45, 2.75) is 26.0 Å². The van der Waals surface area contributed by atoms with Crippen molar-refractivity contribution in [3.05, 3.63) is 53.8 Å². The molecule has 0 saturated heterocycles. The molecule has 0 saturated carbocycles. The van der Waals surface area contributed by atoms with Crippen LogP contribution in [0, 0.1) is 11.7 Å². The maximum absolute atomic E-state index is 13.4. The van der Waals surface area contributed by atoms with Crippen LogP contribution in [0.15, 0.2) is 42.5 Å². The maximum atomic E-state index is 13.4. The van der Waals surface area contributed by atoms with Crippen LogP contribution in [0.25, 0.3) is 0 Å². The predicted octanol–water partition coefficient (Wildman–Crippen LogP) is 3.25. The van der Waals surface area contributed by atoms with Crippen LogP contribution in [0.4, 0.5) is 20.6 Å². The fraction of sp³-hybridized carbons (Fsp3) is 0.417. The van der Waals surface area contributed by atoms with Crippen molar-refractivity contribution in [2.75, 3.05) is 44.4 Å². The van der Waals surface area contributed by atoms with E-state index in [1.165, 1.54) is 24.3 Å². The van der Waals surface area contributed by atoms with Crippen LogP contribution in [-0.2, 0) is 0 Å². The molecule has 0 aromatic heterocycles. The van der Waals surface area contributed by atoms with Gasteiger partial charge in [-0.3, -0.25) is 4.79 Å². The first-order valence-electron chi connectivity index (χ1n) is 10.9. The molecule has 8 nitrogen and oxygen atoms in total. The molecule has 1 aliphatic heterocycles. The number of nitrogens with one attached hydrogen (secondary N) is 2. The Morgan fingerprint density at radius 3 is 2.48 bits per heavy atom. The zero-order valence-electron chi connectivity index (χ0n) is 19.3. The molecule has 0 radical (unpaired) electrons. The molecule has 0 unspecified atom stereocenters. The molecule has 33 heavy (non-hydrogen) atoms. The highest BCUT2D eigenvalue weighted by Gasteiger charge is 2.33. The van der Waals surface area contributed by atoms with Gasteiger partial charge < -0.3 is 30.3 Å². The third-order valence-corrected chi connectivity index (χ3v) is 5.57. The zero-order valence-corrected chi connectivity index (χ0v) is 19.3. The third-order valence-electron chi connectivity index (χ3n) is 5.57. The Bertz CT molecular complexity index is 983. The van der Waals surface area contributed by atoms with Gasteiger partial charge in [-0.05, 0) is 63.5 Å². The van der Waals surface area contributed by atoms with Crippen molar-refractivity contribution >= 4 is 23.3 Å². The number of urea groups is 1. The van der Waals surface area contributed by atoms with Crippen molar-refractivity contribution in [1.82, 2.24) is 9.80 Å². The number of benzene rings is 2. The Balaban J connectivity index is 1.87. The monoisotopic (exact) mass is 458 g/mol. The fourth-order valence-corrected chi connectivity index (χ4v) is 3.70. The molecule has 9 heteroatoms. The van der Waals surface area contributed by atoms with Gasteiger partial charge in [-0.25, -0.2) is 9.18 Å². The van der Waals surface area contributed by atoms with Gasteiger partial charge in [-0.2, -0.15) is 0 Å². The molecule has 3 N–H and O–H groups in total. The minimum atomic E-state index is -0.527. The first-order valence-corrected chi connectivity index (χ1v) is 10.9. The number of carbonyl (C=O) groups is 2. The van der Waals surface area contributed by atoms with Crippen molar-refractivity contribution in [3.63, 3.8) is 0 Å². The van der Waals surface area contributed by atoms with Crippen LogP contribution in [0.1, 0.15) is 24.2 Å². The number of rotatable bonds is 6. The summed E-state index contributed by atoms with van der Waals surface area (Å²) in [6.45, 7) is 4.76. The second kappa shape index (κ2) is 10.6. The highest BCUT2D eigenvalue weighted by molar-refractivity contribution is 6.02. The van der Waals surface area contributed by atoms with Gasteiger partial charge in [0.1, 0.15) is 17.7 Å². The lowest BCUT2D eigenvalue weighted by Crippen LogP contribution is -2.49. The van der Waals surface area contributed by atoms with E-state index in [0.717, 1.165) is 0 Å². The van der Waals surface area contributed by atoms with Crippen LogP contribution in [0.2, 0.25) is 0 Å². The largest absolute Gasteiger partial charge is 0.488 e. The van der Waals surface area contributed by atoms with E-state index >= 15 is 0 Å². The Kier molecular flexibility index (Phi) is 7.88. The number of aliphatic hydroxyl groups is 1. The minimum absolute atomic E-state index is 0.0396. The van der Waals surface area contributed by atoms with E-state index < -0.39 is 11.8 Å². The number of hydrogen-bond acceptors (Lipinski definition) is 5. The molecule has 0 bridgehead atoms. The molecule has 3 atom stereocenters. The number of likely N-dealkylation sites (N-methyl/N-ethyl adjacent to an activating group) is 1. The molecular weight excluding hydrogens is 427 g/mol. The van der Waals surface area contributed by atoms with Gasteiger partial charge in [0.25, 0.3) is 5.91 Å². The molecular formula is C24H31FN4O4. The lowest BCUT2D eigenvalue weighted by Gasteiger charge is -2.37. The first kappa shape index (κ1) is 24.5. The molecule has 1 aliphatic rings. The Morgan fingerprint density at radius 2 is 1.85 bits per heavy atom. The Labute approximate surface area is 193 Å². The summed E-state index contributed by atoms with van der Waals surface area (Å²) in [7, 11) is 3.92. The van der Waals surface area contributed by atoms with Crippen LogP contribution < -0.4 is 15.4 Å². The van der Waals surface area contributed by atoms with E-state index in [0.29, 0.717) is 35.8 Å². The zero-order chi connectivity index (χ0) is 24.1. The number of halogens is 1. The van der Waals surface area contributed by atoms with E-state index in [1.807, 2.05) is 25.9 Å². The fourth-order valence-electron chi connectivity index (χ4n) is 3.70. The molecule has 0 fully saturated rings. The number of nitrogens with zero attached hydrogens (tertiary/aromatic N) is 2. The second-order valence-corrected chi connectivity index (χ2v) is 8.68. The van der Waals surface area contributed by atoms with Crippen molar-refractivity contribution in [3.8, 4) is 5.75 Å². The van der Waals surface area contributed by atoms with Gasteiger partial charge in [-0.1, -0.05) is 6.92 Å². The quantitative estimate of drug-likeness (QED) is 0.618. The van der Waals surface area contributed by atoms with Crippen LogP contribution in [0.3, 0.4) is 0 Å². The van der Waals surface area contributed by atoms with Gasteiger partial charge in [-0.15, -0.1) is 0 Å². The third kappa shape index (κ3) is 6.21. The first-order chi connectivity index (χ1) is 15.7. The summed E-state index contributed by atoms with van der Waals surface area (Å²) < 4.78 is 19.3. The van der Waals surface area contributed by atoms with Crippen LogP contribution in [0.5, 0.6) is 5.75 Å². The Morgan fingerprint density at radius 1 is 1.21 bits per heavy atom. The van der Waals surface area contributed by atoms with Gasteiger partial charge in [0.15, 0.2) is 0 Å². The molecule has 1 heterocycles. The molecule has 0 spiro atoms. The minimum Gasteiger partial charge on any atom is -0.488 e. The highest BCUT2D eigenvalue weighted by atomic mass is 19.1. The smallest absolute Gasteiger partial charge is 0.323 e. The standard InChI is InChI=1S/C24H31FN4O4/c1-15-12-29(16(2)14-30)23(31)20-11-19(9-10-21(20)33-22(15)13-28(3)4)27-24(32)26-18-7-5-17(25)6-8-18/h5-11,15-16,22,30H,12-14H2,1-4H3,(H2,26,27,32)/t15-,16-,22+/m1/s1. The lowest BCUT2D eigenvalue weighted by atomic mass is 9.99. The maximum Gasteiger partial charge on any atom is 0.323 e. The van der Waals surface area contributed by atoms with Crippen molar-refractivity contribution < 1.29 is 23.8 Å². The average molecular weight is 459 g/mol. The molecule has 3 rings (SSSR count). The highest BCUT2D eigenvalue weighted by Crippen LogP contribution is 2.30. The van der Waals surface area contributed by atoms with Crippen molar-refractivity contribution in [2.24, 2.45) is 5.92 Å². The average Bonchev–Trinajstić information content (AvgIpc) is 2.77. The second-order valence-electron chi connectivity index (χ2n) is 8.68. The van der Waals surface area contributed by atoms with Gasteiger partial charge in [0.05, 0.1) is 18.2 Å². The van der Waals surface area contributed by atoms with E-state index in [-0.39, 0.29) is 30.6 Å². The SMILES string of the molecule is C[C@@H]1CN([C@H](C)CO)C(=O)c2cc(NC(=O)Nc3ccc(F)cc3)ccc2O[C@H]1CN(C)C. The number of aliphatic hydroxyl groups excluding tert-OH is 1. The van der Waals surface area contributed by atoms with Crippen LogP contribution in [-0.4, -0.2) is 72.8 Å². The number of carbonyl (C=O) groups excluding carboxylic acids is 2. The number of hydrogen-bond donors (Lipinski definition) is 3. The molecule has 3 amide bonds. The number of ether oxygens (including phenoxy) is 1. The summed E-state index contributed by atoms with van der Waals surface area (Å²) in [4.78, 5) is 29.5. The summed E-state index contributed by atoms with van der Waals surface area (Å²) in [5.41, 5.74) is 1.15. The van der Waals surface area contributed by atoms with Gasteiger partial charge in [0, 0.05) is 30.4 Å². The summed E-state index contributed by atoms with van der Waals surface area (Å²) in [6.07, 6.45) is -0.166. The lowest BCUT2D eigenvalue weighted by molar-refractivity contribution is 0.0363. The van der Waals surface area contributed by atoms with E-state index in [4.69, 9.17) is 4.74 Å². The van der Waals surface area contributed by atoms with Crippen molar-refractivity contribution in [1.29, 1.82) is 0 Å². The predicted molar refractivity (Wildman–Crippen MR) is 125 cm³/mol. The topological polar surface area (TPSA) is 94.1 Å². The van der Waals surface area contributed by atoms with Crippen LogP contribution >= 0.6 is 0 Å². The number of fused-ring (bicyclic) bond motifs is 1. The summed E-state index contributed by atoms with van der Waals surface area (Å²) >= 11 is 0. The van der Waals surface area contributed by atoms with E-state index in [1.54, 1.807) is 30.0 Å². The number of amides is 3. The van der Waals surface area contributed by atoms with Gasteiger partial charge in [0.2, 0.25) is 0 Å². The Hall–Kier alpha value is -3.17. The molecule has 2 aromatic rings. The summed E-state index contributed by atoms with van der Waals surface area (Å²) in [5.74, 6) is -0.204. The van der Waals surface area contributed by atoms with E-state index in [2.05, 4.69) is 10.6 Å². The van der Waals surface area contributed by atoms with Gasteiger partial charge >= 0.3 is 6.03 Å². The molecule has 178 valence electrons. The molecule has 2 aromatic carbocycles.